The van der Waals surface area contributed by atoms with Crippen molar-refractivity contribution in [3.8, 4) is 11.8 Å². The molecule has 43 heavy (non-hydrogen) atoms. The predicted molar refractivity (Wildman–Crippen MR) is 149 cm³/mol. The molecule has 2 heterocycles. The van der Waals surface area contributed by atoms with E-state index in [0.29, 0.717) is 11.1 Å². The van der Waals surface area contributed by atoms with Crippen LogP contribution in [0.2, 0.25) is 0 Å². The molecule has 0 bridgehead atoms. The highest BCUT2D eigenvalue weighted by atomic mass is 16.6. The van der Waals surface area contributed by atoms with Crippen molar-refractivity contribution >= 4 is 28.7 Å². The fourth-order valence-corrected chi connectivity index (χ4v) is 5.31. The summed E-state index contributed by atoms with van der Waals surface area (Å²) >= 11 is 0. The van der Waals surface area contributed by atoms with Crippen LogP contribution in [0.15, 0.2) is 36.4 Å². The van der Waals surface area contributed by atoms with Crippen LogP contribution in [-0.2, 0) is 38.1 Å². The van der Waals surface area contributed by atoms with Crippen LogP contribution in [0.3, 0.4) is 0 Å². The zero-order valence-electron chi connectivity index (χ0n) is 24.2. The van der Waals surface area contributed by atoms with Crippen LogP contribution in [0.25, 0.3) is 10.8 Å². The minimum atomic E-state index is -1.52. The van der Waals surface area contributed by atoms with Crippen molar-refractivity contribution < 1.29 is 58.5 Å². The van der Waals surface area contributed by atoms with E-state index in [4.69, 9.17) is 23.7 Å². The average molecular weight is 601 g/mol. The van der Waals surface area contributed by atoms with Crippen molar-refractivity contribution in [1.82, 2.24) is 0 Å². The van der Waals surface area contributed by atoms with Crippen LogP contribution >= 0.6 is 0 Å². The summed E-state index contributed by atoms with van der Waals surface area (Å²) in [7, 11) is 0. The Morgan fingerprint density at radius 1 is 0.814 bits per heavy atom. The molecule has 0 radical (unpaired) electrons. The van der Waals surface area contributed by atoms with Crippen LogP contribution in [-0.4, -0.2) is 100 Å². The quantitative estimate of drug-likeness (QED) is 0.206. The number of rotatable bonds is 6. The number of hydrogen-bond acceptors (Lipinski definition) is 12. The molecular weight excluding hydrogens is 564 g/mol. The second-order valence-corrected chi connectivity index (χ2v) is 10.7. The highest BCUT2D eigenvalue weighted by Gasteiger charge is 2.49. The summed E-state index contributed by atoms with van der Waals surface area (Å²) in [6, 6.07) is 10.8. The highest BCUT2D eigenvalue weighted by Crippen LogP contribution is 2.39. The van der Waals surface area contributed by atoms with E-state index in [2.05, 4.69) is 11.8 Å². The first-order valence-corrected chi connectivity index (χ1v) is 13.9. The molecule has 2 fully saturated rings. The van der Waals surface area contributed by atoms with Gasteiger partial charge in [0.25, 0.3) is 0 Å². The van der Waals surface area contributed by atoms with Gasteiger partial charge in [-0.05, 0) is 34.5 Å². The van der Waals surface area contributed by atoms with Crippen LogP contribution in [0.1, 0.15) is 44.9 Å². The first-order valence-electron chi connectivity index (χ1n) is 13.9. The van der Waals surface area contributed by atoms with Crippen molar-refractivity contribution in [2.45, 2.75) is 82.6 Å². The van der Waals surface area contributed by atoms with Gasteiger partial charge in [0.1, 0.15) is 49.3 Å². The van der Waals surface area contributed by atoms with Crippen LogP contribution < -0.4 is 0 Å². The van der Waals surface area contributed by atoms with Gasteiger partial charge in [-0.15, -0.1) is 0 Å². The molecule has 10 atom stereocenters. The van der Waals surface area contributed by atoms with Crippen LogP contribution in [0.5, 0.6) is 0 Å². The Kier molecular flexibility index (Phi) is 10.4. The molecule has 0 aromatic heterocycles. The molecule has 2 aromatic rings. The standard InChI is InChI=1S/C31H36O12/c1-15-25(14-39-16(2)33)43-30(31(41-18(4)35)29(15)40-17(3)34)22-9-8-20-11-19(5-7-21(20)12-22)6-10-23-26(36)28(38)27(37)24(13-32)42-23/h5,7-9,11-12,15,23-32,36-38H,13-14H2,1-4H3/t15-,23-,24-,25-,26-,27-,28-,29+,30-,31+/m1/s1. The maximum absolute atomic E-state index is 12.1. The number of benzene rings is 2. The summed E-state index contributed by atoms with van der Waals surface area (Å²) in [5, 5.41) is 41.2. The first-order chi connectivity index (χ1) is 20.4. The van der Waals surface area contributed by atoms with Gasteiger partial charge in [-0.2, -0.15) is 0 Å². The Hall–Kier alpha value is -3.57. The number of carbonyl (C=O) groups is 3. The lowest BCUT2D eigenvalue weighted by atomic mass is 9.85. The molecule has 0 unspecified atom stereocenters. The van der Waals surface area contributed by atoms with Crippen molar-refractivity contribution in [1.29, 1.82) is 0 Å². The minimum Gasteiger partial charge on any atom is -0.463 e. The van der Waals surface area contributed by atoms with Gasteiger partial charge in [0.05, 0.1) is 12.7 Å². The van der Waals surface area contributed by atoms with Crippen molar-refractivity contribution in [2.75, 3.05) is 13.2 Å². The zero-order valence-corrected chi connectivity index (χ0v) is 24.2. The van der Waals surface area contributed by atoms with Crippen molar-refractivity contribution in [3.63, 3.8) is 0 Å². The van der Waals surface area contributed by atoms with E-state index < -0.39 is 85.4 Å². The number of carbonyl (C=O) groups excluding carboxylic acids is 3. The maximum Gasteiger partial charge on any atom is 0.303 e. The molecule has 12 heteroatoms. The summed E-state index contributed by atoms with van der Waals surface area (Å²) in [5.41, 5.74) is 1.21. The zero-order chi connectivity index (χ0) is 31.4. The van der Waals surface area contributed by atoms with E-state index in [1.165, 1.54) is 20.8 Å². The number of ether oxygens (including phenoxy) is 5. The normalized spacial score (nSPS) is 32.3. The molecule has 232 valence electrons. The minimum absolute atomic E-state index is 0.0817. The molecule has 4 rings (SSSR count). The largest absolute Gasteiger partial charge is 0.463 e. The summed E-state index contributed by atoms with van der Waals surface area (Å²) < 4.78 is 28.2. The maximum atomic E-state index is 12.1. The fraction of sp³-hybridized carbons (Fsp3) is 0.516. The van der Waals surface area contributed by atoms with Crippen LogP contribution in [0.4, 0.5) is 0 Å². The molecule has 0 amide bonds. The third kappa shape index (κ3) is 7.51. The van der Waals surface area contributed by atoms with E-state index in [-0.39, 0.29) is 6.61 Å². The predicted octanol–water partition coefficient (Wildman–Crippen LogP) is 0.536. The van der Waals surface area contributed by atoms with Gasteiger partial charge in [-0.3, -0.25) is 14.4 Å². The molecular formula is C31H36O12. The average Bonchev–Trinajstić information content (AvgIpc) is 2.96. The number of fused-ring (bicyclic) bond motifs is 1. The second-order valence-electron chi connectivity index (χ2n) is 10.7. The van der Waals surface area contributed by atoms with E-state index in [9.17, 15) is 34.8 Å². The molecule has 2 saturated heterocycles. The summed E-state index contributed by atoms with van der Waals surface area (Å²) in [5.74, 6) is 3.56. The fourth-order valence-electron chi connectivity index (χ4n) is 5.31. The van der Waals surface area contributed by atoms with Gasteiger partial charge in [0, 0.05) is 32.3 Å². The van der Waals surface area contributed by atoms with Gasteiger partial charge >= 0.3 is 17.9 Å². The molecule has 2 aliphatic heterocycles. The molecule has 0 spiro atoms. The van der Waals surface area contributed by atoms with Crippen molar-refractivity contribution in [2.24, 2.45) is 5.92 Å². The topological polar surface area (TPSA) is 178 Å². The monoisotopic (exact) mass is 600 g/mol. The summed E-state index contributed by atoms with van der Waals surface area (Å²) in [6.45, 7) is 4.93. The third-order valence-electron chi connectivity index (χ3n) is 7.55. The second kappa shape index (κ2) is 13.8. The number of aliphatic hydroxyl groups is 4. The van der Waals surface area contributed by atoms with Crippen LogP contribution in [0, 0.1) is 17.8 Å². The Morgan fingerprint density at radius 2 is 1.47 bits per heavy atom. The summed E-state index contributed by atoms with van der Waals surface area (Å²) in [4.78, 5) is 35.6. The molecule has 2 aliphatic rings. The molecule has 12 nitrogen and oxygen atoms in total. The van der Waals surface area contributed by atoms with E-state index in [0.717, 1.165) is 10.8 Å². The lowest BCUT2D eigenvalue weighted by molar-refractivity contribution is -0.232. The van der Waals surface area contributed by atoms with Gasteiger partial charge in [0.2, 0.25) is 0 Å². The van der Waals surface area contributed by atoms with Gasteiger partial charge in [-0.25, -0.2) is 0 Å². The number of aliphatic hydroxyl groups excluding tert-OH is 4. The molecule has 2 aromatic carbocycles. The van der Waals surface area contributed by atoms with Gasteiger partial charge in [0.15, 0.2) is 6.10 Å². The third-order valence-corrected chi connectivity index (χ3v) is 7.55. The molecule has 4 N–H and O–H groups in total. The Balaban J connectivity index is 1.63. The van der Waals surface area contributed by atoms with Gasteiger partial charge < -0.3 is 44.1 Å². The van der Waals surface area contributed by atoms with E-state index in [1.54, 1.807) is 25.1 Å². The Bertz CT molecular complexity index is 1390. The lowest BCUT2D eigenvalue weighted by Crippen LogP contribution is -2.58. The Labute approximate surface area is 248 Å². The molecule has 0 saturated carbocycles. The van der Waals surface area contributed by atoms with Gasteiger partial charge in [-0.1, -0.05) is 37.0 Å². The SMILES string of the molecule is CC(=O)OC[C@H]1O[C@H](c2ccc3cc(C#C[C@H]4O[C@H](CO)[C@@H](O)[C@H](O)[C@@H]4O)ccc3c2)[C@@H](OC(C)=O)[C@@H](OC(C)=O)[C@@H]1C. The number of hydrogen-bond donors (Lipinski definition) is 4. The van der Waals surface area contributed by atoms with E-state index >= 15 is 0 Å². The Morgan fingerprint density at radius 3 is 2.12 bits per heavy atom. The summed E-state index contributed by atoms with van der Waals surface area (Å²) in [6.07, 6.45) is -9.95. The van der Waals surface area contributed by atoms with Crippen molar-refractivity contribution in [3.05, 3.63) is 47.5 Å². The lowest BCUT2D eigenvalue weighted by Gasteiger charge is -2.44. The number of esters is 3. The van der Waals surface area contributed by atoms with E-state index in [1.807, 2.05) is 18.2 Å². The first kappa shape index (κ1) is 32.3. The highest BCUT2D eigenvalue weighted by molar-refractivity contribution is 5.84. The smallest absolute Gasteiger partial charge is 0.303 e. The molecule has 0 aliphatic carbocycles.